The second kappa shape index (κ2) is 8.92. The van der Waals surface area contributed by atoms with Crippen LogP contribution >= 0.6 is 0 Å². The van der Waals surface area contributed by atoms with Gasteiger partial charge in [0.25, 0.3) is 0 Å². The van der Waals surface area contributed by atoms with E-state index in [-0.39, 0.29) is 0 Å². The summed E-state index contributed by atoms with van der Waals surface area (Å²) in [5.74, 6) is 0. The van der Waals surface area contributed by atoms with Gasteiger partial charge >= 0.3 is 0 Å². The Bertz CT molecular complexity index is 47.2. The molecule has 61 valence electrons. The van der Waals surface area contributed by atoms with Gasteiger partial charge in [0.15, 0.2) is 0 Å². The first kappa shape index (κ1) is 9.92. The lowest BCUT2D eigenvalue weighted by Gasteiger charge is -2.01. The van der Waals surface area contributed by atoms with Crippen molar-refractivity contribution in [1.82, 2.24) is 0 Å². The quantitative estimate of drug-likeness (QED) is 0.510. The third kappa shape index (κ3) is 7.92. The molecule has 0 heterocycles. The van der Waals surface area contributed by atoms with Crippen molar-refractivity contribution in [3.05, 3.63) is 6.61 Å². The van der Waals surface area contributed by atoms with Crippen LogP contribution in [0.15, 0.2) is 0 Å². The molecule has 0 spiro atoms. The summed E-state index contributed by atoms with van der Waals surface area (Å²) in [6.45, 7) is 8.28. The zero-order valence-electron chi connectivity index (χ0n) is 6.93. The fraction of sp³-hybridized carbons (Fsp3) is 0.875. The molecule has 0 aromatic heterocycles. The molecular formula is C8H17O2. The largest absolute Gasteiger partial charge is 0.382 e. The van der Waals surface area contributed by atoms with E-state index in [0.717, 1.165) is 32.7 Å². The molecule has 0 unspecified atom stereocenters. The van der Waals surface area contributed by atoms with Crippen molar-refractivity contribution in [2.45, 2.75) is 26.7 Å². The lowest BCUT2D eigenvalue weighted by molar-refractivity contribution is 0.111. The van der Waals surface area contributed by atoms with Gasteiger partial charge in [0.05, 0.1) is 6.61 Å². The minimum absolute atomic E-state index is 0.786. The third-order valence-corrected chi connectivity index (χ3v) is 1.04. The first-order valence-corrected chi connectivity index (χ1v) is 3.92. The van der Waals surface area contributed by atoms with Crippen molar-refractivity contribution in [2.24, 2.45) is 0 Å². The van der Waals surface area contributed by atoms with Gasteiger partial charge in [-0.05, 0) is 19.8 Å². The van der Waals surface area contributed by atoms with Gasteiger partial charge in [-0.3, -0.25) is 0 Å². The first-order valence-electron chi connectivity index (χ1n) is 3.92. The van der Waals surface area contributed by atoms with Gasteiger partial charge < -0.3 is 9.47 Å². The van der Waals surface area contributed by atoms with Crippen molar-refractivity contribution >= 4 is 0 Å². The van der Waals surface area contributed by atoms with Crippen molar-refractivity contribution in [2.75, 3.05) is 19.8 Å². The average Bonchev–Trinajstić information content (AvgIpc) is 1.97. The number of rotatable bonds is 7. The van der Waals surface area contributed by atoms with Gasteiger partial charge in [-0.2, -0.15) is 0 Å². The summed E-state index contributed by atoms with van der Waals surface area (Å²) in [5, 5.41) is 0. The van der Waals surface area contributed by atoms with Crippen LogP contribution in [0, 0.1) is 6.61 Å². The van der Waals surface area contributed by atoms with Crippen LogP contribution in [0.3, 0.4) is 0 Å². The lowest BCUT2D eigenvalue weighted by Crippen LogP contribution is -1.98. The van der Waals surface area contributed by atoms with Crippen LogP contribution in [0.4, 0.5) is 0 Å². The molecule has 2 heteroatoms. The molecular weight excluding hydrogens is 128 g/mol. The van der Waals surface area contributed by atoms with E-state index >= 15 is 0 Å². The highest BCUT2D eigenvalue weighted by Gasteiger charge is 1.86. The van der Waals surface area contributed by atoms with Crippen LogP contribution in [-0.2, 0) is 9.47 Å². The molecule has 1 radical (unpaired) electrons. The maximum Gasteiger partial charge on any atom is 0.0833 e. The maximum atomic E-state index is 5.12. The molecule has 0 N–H and O–H groups in total. The van der Waals surface area contributed by atoms with E-state index in [0.29, 0.717) is 0 Å². The first-order chi connectivity index (χ1) is 4.91. The molecule has 0 amide bonds. The molecule has 0 aromatic carbocycles. The third-order valence-electron chi connectivity index (χ3n) is 1.04. The Morgan fingerprint density at radius 3 is 2.60 bits per heavy atom. The Morgan fingerprint density at radius 2 is 2.00 bits per heavy atom. The lowest BCUT2D eigenvalue weighted by atomic mass is 10.5. The van der Waals surface area contributed by atoms with Gasteiger partial charge in [-0.25, -0.2) is 0 Å². The highest BCUT2D eigenvalue weighted by Crippen LogP contribution is 1.90. The summed E-state index contributed by atoms with van der Waals surface area (Å²) in [5.41, 5.74) is 0. The fourth-order valence-corrected chi connectivity index (χ4v) is 0.590. The fourth-order valence-electron chi connectivity index (χ4n) is 0.590. The maximum absolute atomic E-state index is 5.12. The molecule has 0 aliphatic carbocycles. The monoisotopic (exact) mass is 145 g/mol. The molecule has 0 fully saturated rings. The van der Waals surface area contributed by atoms with E-state index in [1.165, 1.54) is 0 Å². The standard InChI is InChI=1S/C8H17O2/c1-3-6-10-8-5-7-9-4-2/h6H,3-5,7-8H2,1-2H3. The molecule has 0 atom stereocenters. The van der Waals surface area contributed by atoms with Crippen LogP contribution in [-0.4, -0.2) is 19.8 Å². The van der Waals surface area contributed by atoms with Crippen LogP contribution in [0.2, 0.25) is 0 Å². The minimum atomic E-state index is 0.786. The number of ether oxygens (including phenoxy) is 2. The van der Waals surface area contributed by atoms with E-state index in [2.05, 4.69) is 6.92 Å². The van der Waals surface area contributed by atoms with E-state index in [4.69, 9.17) is 9.47 Å². The number of hydrogen-bond donors (Lipinski definition) is 0. The van der Waals surface area contributed by atoms with Crippen molar-refractivity contribution in [3.8, 4) is 0 Å². The van der Waals surface area contributed by atoms with E-state index < -0.39 is 0 Å². The normalized spacial score (nSPS) is 10.2. The Labute approximate surface area is 63.5 Å². The number of hydrogen-bond acceptors (Lipinski definition) is 2. The SMILES string of the molecule is CC[CH]OCCCOCC. The van der Waals surface area contributed by atoms with Crippen LogP contribution in [0.5, 0.6) is 0 Å². The van der Waals surface area contributed by atoms with Gasteiger partial charge in [0, 0.05) is 19.8 Å². The molecule has 0 bridgehead atoms. The molecule has 0 saturated carbocycles. The van der Waals surface area contributed by atoms with E-state index in [9.17, 15) is 0 Å². The van der Waals surface area contributed by atoms with Gasteiger partial charge in [-0.15, -0.1) is 0 Å². The second-order valence-corrected chi connectivity index (χ2v) is 2.00. The summed E-state index contributed by atoms with van der Waals surface area (Å²) in [7, 11) is 0. The van der Waals surface area contributed by atoms with Crippen LogP contribution in [0.1, 0.15) is 26.7 Å². The predicted octanol–water partition coefficient (Wildman–Crippen LogP) is 2.00. The van der Waals surface area contributed by atoms with Crippen molar-refractivity contribution < 1.29 is 9.47 Å². The predicted molar refractivity (Wildman–Crippen MR) is 41.7 cm³/mol. The van der Waals surface area contributed by atoms with E-state index in [1.807, 2.05) is 13.5 Å². The van der Waals surface area contributed by atoms with Gasteiger partial charge in [0.2, 0.25) is 0 Å². The van der Waals surface area contributed by atoms with Gasteiger partial charge in [-0.1, -0.05) is 6.92 Å². The zero-order chi connectivity index (χ0) is 7.66. The Kier molecular flexibility index (Phi) is 8.85. The summed E-state index contributed by atoms with van der Waals surface area (Å²) in [6, 6.07) is 0. The minimum Gasteiger partial charge on any atom is -0.382 e. The summed E-state index contributed by atoms with van der Waals surface area (Å²) >= 11 is 0. The Hall–Kier alpha value is -0.0800. The Morgan fingerprint density at radius 1 is 1.20 bits per heavy atom. The van der Waals surface area contributed by atoms with Crippen LogP contribution in [0.25, 0.3) is 0 Å². The van der Waals surface area contributed by atoms with Crippen molar-refractivity contribution in [3.63, 3.8) is 0 Å². The highest BCUT2D eigenvalue weighted by atomic mass is 16.5. The summed E-state index contributed by atoms with van der Waals surface area (Å²) in [4.78, 5) is 0. The Balaban J connectivity index is 2.65. The smallest absolute Gasteiger partial charge is 0.0833 e. The second-order valence-electron chi connectivity index (χ2n) is 2.00. The molecule has 2 nitrogen and oxygen atoms in total. The average molecular weight is 145 g/mol. The highest BCUT2D eigenvalue weighted by molar-refractivity contribution is 4.43. The van der Waals surface area contributed by atoms with Crippen LogP contribution < -0.4 is 0 Å². The molecule has 0 saturated heterocycles. The summed E-state index contributed by atoms with van der Waals surface area (Å²) < 4.78 is 10.2. The molecule has 0 aromatic rings. The zero-order valence-corrected chi connectivity index (χ0v) is 6.93. The molecule has 0 aliphatic rings. The van der Waals surface area contributed by atoms with E-state index in [1.54, 1.807) is 0 Å². The van der Waals surface area contributed by atoms with Gasteiger partial charge in [0.1, 0.15) is 0 Å². The molecule has 10 heavy (non-hydrogen) atoms. The van der Waals surface area contributed by atoms with Crippen molar-refractivity contribution in [1.29, 1.82) is 0 Å². The molecule has 0 aliphatic heterocycles. The summed E-state index contributed by atoms with van der Waals surface area (Å²) in [6.07, 6.45) is 1.97. The topological polar surface area (TPSA) is 18.5 Å². The molecule has 0 rings (SSSR count).